The highest BCUT2D eigenvalue weighted by Gasteiger charge is 2.40. The number of amides is 1. The average Bonchev–Trinajstić information content (AvgIpc) is 3.41. The highest BCUT2D eigenvalue weighted by molar-refractivity contribution is 7.21. The maximum absolute atomic E-state index is 12.3. The number of furan rings is 1. The Balaban J connectivity index is 1.20. The maximum Gasteiger partial charge on any atom is 0.220 e. The summed E-state index contributed by atoms with van der Waals surface area (Å²) < 4.78 is 7.05. The number of aromatic nitrogens is 1. The summed E-state index contributed by atoms with van der Waals surface area (Å²) in [7, 11) is 0. The fourth-order valence-corrected chi connectivity index (χ4v) is 5.62. The van der Waals surface area contributed by atoms with Gasteiger partial charge in [0.2, 0.25) is 5.91 Å². The number of hydrogen-bond donors (Lipinski definition) is 1. The van der Waals surface area contributed by atoms with Crippen LogP contribution in [0.4, 0.5) is 0 Å². The van der Waals surface area contributed by atoms with E-state index in [0.29, 0.717) is 18.9 Å². The Bertz CT molecular complexity index is 911. The molecule has 2 fully saturated rings. The van der Waals surface area contributed by atoms with Crippen molar-refractivity contribution in [2.24, 2.45) is 17.8 Å². The third kappa shape index (κ3) is 3.05. The quantitative estimate of drug-likeness (QED) is 0.691. The molecule has 1 amide bonds. The fraction of sp³-hybridized carbons (Fsp3) is 0.429. The molecule has 1 N–H and O–H groups in total. The Morgan fingerprint density at radius 3 is 2.92 bits per heavy atom. The van der Waals surface area contributed by atoms with Gasteiger partial charge in [-0.25, -0.2) is 4.98 Å². The van der Waals surface area contributed by atoms with Crippen molar-refractivity contribution in [2.75, 3.05) is 0 Å². The smallest absolute Gasteiger partial charge is 0.220 e. The predicted octanol–water partition coefficient (Wildman–Crippen LogP) is 5.00. The van der Waals surface area contributed by atoms with Gasteiger partial charge < -0.3 is 9.73 Å². The molecule has 4 nitrogen and oxygen atoms in total. The number of nitrogens with zero attached hydrogens (tertiary/aromatic N) is 1. The Labute approximate surface area is 156 Å². The highest BCUT2D eigenvalue weighted by atomic mass is 32.1. The number of hydrogen-bond acceptors (Lipinski definition) is 4. The van der Waals surface area contributed by atoms with Crippen molar-refractivity contribution in [3.8, 4) is 10.8 Å². The third-order valence-corrected chi connectivity index (χ3v) is 7.01. The average molecular weight is 366 g/mol. The number of thiazole rings is 1. The molecule has 2 bridgehead atoms. The first-order chi connectivity index (χ1) is 12.7. The SMILES string of the molecule is O=C(C[C@@H]1C[C@H]2CC[C@H]1C2)NCc1ccc(-c2nc3ccccc3s2)o1. The van der Waals surface area contributed by atoms with Gasteiger partial charge in [-0.05, 0) is 61.3 Å². The van der Waals surface area contributed by atoms with E-state index in [-0.39, 0.29) is 5.91 Å². The molecular formula is C21H22N2O2S. The van der Waals surface area contributed by atoms with Crippen LogP contribution in [0.2, 0.25) is 0 Å². The van der Waals surface area contributed by atoms with Gasteiger partial charge in [0, 0.05) is 6.42 Å². The van der Waals surface area contributed by atoms with E-state index in [4.69, 9.17) is 4.42 Å². The minimum Gasteiger partial charge on any atom is -0.457 e. The van der Waals surface area contributed by atoms with Gasteiger partial charge in [-0.2, -0.15) is 0 Å². The van der Waals surface area contributed by atoms with Crippen LogP contribution < -0.4 is 5.32 Å². The molecule has 2 aromatic heterocycles. The molecule has 3 aromatic rings. The molecule has 0 unspecified atom stereocenters. The van der Waals surface area contributed by atoms with Crippen LogP contribution >= 0.6 is 11.3 Å². The van der Waals surface area contributed by atoms with Crippen molar-refractivity contribution in [2.45, 2.75) is 38.6 Å². The molecule has 1 aromatic carbocycles. The van der Waals surface area contributed by atoms with Gasteiger partial charge in [-0.15, -0.1) is 11.3 Å². The first kappa shape index (κ1) is 16.1. The van der Waals surface area contributed by atoms with Crippen molar-refractivity contribution in [1.29, 1.82) is 0 Å². The van der Waals surface area contributed by atoms with E-state index in [2.05, 4.69) is 16.4 Å². The number of nitrogens with one attached hydrogen (secondary N) is 1. The van der Waals surface area contributed by atoms with Gasteiger partial charge in [0.1, 0.15) is 5.76 Å². The minimum absolute atomic E-state index is 0.153. The van der Waals surface area contributed by atoms with Crippen LogP contribution in [0.15, 0.2) is 40.8 Å². The predicted molar refractivity (Wildman–Crippen MR) is 103 cm³/mol. The van der Waals surface area contributed by atoms with E-state index < -0.39 is 0 Å². The largest absolute Gasteiger partial charge is 0.457 e. The lowest BCUT2D eigenvalue weighted by atomic mass is 9.86. The molecule has 5 heteroatoms. The van der Waals surface area contributed by atoms with Crippen LogP contribution in [0.1, 0.15) is 37.9 Å². The molecular weight excluding hydrogens is 344 g/mol. The van der Waals surface area contributed by atoms with Crippen LogP contribution in [0, 0.1) is 17.8 Å². The first-order valence-electron chi connectivity index (χ1n) is 9.46. The van der Waals surface area contributed by atoms with Gasteiger partial charge in [-0.3, -0.25) is 4.79 Å². The van der Waals surface area contributed by atoms with E-state index >= 15 is 0 Å². The van der Waals surface area contributed by atoms with Crippen molar-refractivity contribution in [3.05, 3.63) is 42.2 Å². The van der Waals surface area contributed by atoms with Crippen molar-refractivity contribution in [1.82, 2.24) is 10.3 Å². The lowest BCUT2D eigenvalue weighted by molar-refractivity contribution is -0.122. The lowest BCUT2D eigenvalue weighted by Gasteiger charge is -2.20. The van der Waals surface area contributed by atoms with Crippen molar-refractivity contribution in [3.63, 3.8) is 0 Å². The van der Waals surface area contributed by atoms with E-state index in [1.807, 2.05) is 30.3 Å². The fourth-order valence-electron chi connectivity index (χ4n) is 4.69. The minimum atomic E-state index is 0.153. The van der Waals surface area contributed by atoms with Crippen LogP contribution in [0.5, 0.6) is 0 Å². The van der Waals surface area contributed by atoms with Gasteiger partial charge in [-0.1, -0.05) is 18.6 Å². The molecule has 5 rings (SSSR count). The van der Waals surface area contributed by atoms with Crippen LogP contribution in [-0.4, -0.2) is 10.9 Å². The molecule has 2 aliphatic carbocycles. The number of para-hydroxylation sites is 1. The van der Waals surface area contributed by atoms with Gasteiger partial charge >= 0.3 is 0 Å². The lowest BCUT2D eigenvalue weighted by Crippen LogP contribution is -2.26. The Hall–Kier alpha value is -2.14. The summed E-state index contributed by atoms with van der Waals surface area (Å²) in [6.07, 6.45) is 5.98. The Morgan fingerprint density at radius 2 is 2.12 bits per heavy atom. The normalized spacial score (nSPS) is 24.4. The van der Waals surface area contributed by atoms with E-state index in [1.54, 1.807) is 11.3 Å². The van der Waals surface area contributed by atoms with Crippen molar-refractivity contribution >= 4 is 27.5 Å². The second kappa shape index (κ2) is 6.54. The van der Waals surface area contributed by atoms with Gasteiger partial charge in [0.25, 0.3) is 0 Å². The van der Waals surface area contributed by atoms with Crippen LogP contribution in [-0.2, 0) is 11.3 Å². The topological polar surface area (TPSA) is 55.1 Å². The number of carbonyl (C=O) groups is 1. The summed E-state index contributed by atoms with van der Waals surface area (Å²) in [5.41, 5.74) is 0.990. The zero-order chi connectivity index (χ0) is 17.5. The standard InChI is InChI=1S/C21H22N2O2S/c24-20(11-15-10-13-5-6-14(15)9-13)22-12-16-7-8-18(25-16)21-23-17-3-1-2-4-19(17)26-21/h1-4,7-8,13-15H,5-6,9-12H2,(H,22,24)/t13-,14-,15-/m0/s1. The van der Waals surface area contributed by atoms with E-state index in [9.17, 15) is 4.79 Å². The second-order valence-corrected chi connectivity index (χ2v) is 8.70. The molecule has 2 aliphatic rings. The highest BCUT2D eigenvalue weighted by Crippen LogP contribution is 2.49. The summed E-state index contributed by atoms with van der Waals surface area (Å²) in [5, 5.41) is 3.91. The molecule has 0 aliphatic heterocycles. The van der Waals surface area contributed by atoms with E-state index in [1.165, 1.54) is 25.7 Å². The molecule has 0 radical (unpaired) electrons. The summed E-state index contributed by atoms with van der Waals surface area (Å²) in [6.45, 7) is 0.449. The molecule has 134 valence electrons. The molecule has 26 heavy (non-hydrogen) atoms. The molecule has 0 spiro atoms. The molecule has 2 saturated carbocycles. The van der Waals surface area contributed by atoms with Crippen LogP contribution in [0.3, 0.4) is 0 Å². The Morgan fingerprint density at radius 1 is 1.19 bits per heavy atom. The number of carbonyl (C=O) groups excluding carboxylic acids is 1. The zero-order valence-corrected chi connectivity index (χ0v) is 15.4. The third-order valence-electron chi connectivity index (χ3n) is 5.96. The number of benzene rings is 1. The first-order valence-corrected chi connectivity index (χ1v) is 10.3. The van der Waals surface area contributed by atoms with Gasteiger partial charge in [0.15, 0.2) is 10.8 Å². The number of fused-ring (bicyclic) bond motifs is 3. The monoisotopic (exact) mass is 366 g/mol. The van der Waals surface area contributed by atoms with Crippen molar-refractivity contribution < 1.29 is 9.21 Å². The maximum atomic E-state index is 12.3. The zero-order valence-electron chi connectivity index (χ0n) is 14.6. The van der Waals surface area contributed by atoms with Gasteiger partial charge in [0.05, 0.1) is 16.8 Å². The number of rotatable bonds is 5. The van der Waals surface area contributed by atoms with Crippen LogP contribution in [0.25, 0.3) is 21.0 Å². The molecule has 2 heterocycles. The summed E-state index contributed by atoms with van der Waals surface area (Å²) in [5.74, 6) is 3.98. The summed E-state index contributed by atoms with van der Waals surface area (Å²) in [4.78, 5) is 16.9. The second-order valence-electron chi connectivity index (χ2n) is 7.67. The molecule has 0 saturated heterocycles. The molecule has 3 atom stereocenters. The summed E-state index contributed by atoms with van der Waals surface area (Å²) in [6, 6.07) is 12.0. The Kier molecular flexibility index (Phi) is 4.04. The summed E-state index contributed by atoms with van der Waals surface area (Å²) >= 11 is 1.62. The van der Waals surface area contributed by atoms with E-state index in [0.717, 1.165) is 38.6 Å².